The van der Waals surface area contributed by atoms with E-state index in [2.05, 4.69) is 20.1 Å². The number of aliphatic hydroxyl groups is 1. The number of likely N-dealkylation sites (tertiary alicyclic amines) is 1. The molecule has 1 aromatic rings. The number of ether oxygens (including phenoxy) is 1. The number of piperazine rings is 1. The highest BCUT2D eigenvalue weighted by molar-refractivity contribution is 14.0. The Morgan fingerprint density at radius 1 is 1.16 bits per heavy atom. The Morgan fingerprint density at radius 3 is 2.47 bits per heavy atom. The molecule has 2 saturated heterocycles. The predicted molar refractivity (Wildman–Crippen MR) is 138 cm³/mol. The fourth-order valence-electron chi connectivity index (χ4n) is 4.23. The van der Waals surface area contributed by atoms with Crippen LogP contribution in [0.25, 0.3) is 0 Å². The third-order valence-corrected chi connectivity index (χ3v) is 6.16. The number of aliphatic hydroxyl groups excluding tert-OH is 1. The third kappa shape index (κ3) is 6.95. The van der Waals surface area contributed by atoms with E-state index in [9.17, 15) is 9.90 Å². The van der Waals surface area contributed by atoms with E-state index in [-0.39, 0.29) is 42.5 Å². The van der Waals surface area contributed by atoms with Gasteiger partial charge in [-0.2, -0.15) is 0 Å². The lowest BCUT2D eigenvalue weighted by molar-refractivity contribution is -0.135. The maximum absolute atomic E-state index is 12.7. The van der Waals surface area contributed by atoms with E-state index in [0.29, 0.717) is 0 Å². The molecule has 180 valence electrons. The molecular weight excluding hydrogens is 521 g/mol. The number of amides is 1. The summed E-state index contributed by atoms with van der Waals surface area (Å²) in [4.78, 5) is 23.9. The number of nitrogens with zero attached hydrogens (tertiary/aromatic N) is 4. The Bertz CT molecular complexity index is 749. The van der Waals surface area contributed by atoms with Gasteiger partial charge in [-0.1, -0.05) is 12.1 Å². The lowest BCUT2D eigenvalue weighted by Gasteiger charge is -2.39. The number of methoxy groups -OCH3 is 1. The molecule has 9 heteroatoms. The van der Waals surface area contributed by atoms with E-state index < -0.39 is 6.10 Å². The van der Waals surface area contributed by atoms with Crippen LogP contribution < -0.4 is 10.1 Å². The lowest BCUT2D eigenvalue weighted by Crippen LogP contribution is -2.57. The summed E-state index contributed by atoms with van der Waals surface area (Å²) in [6.07, 6.45) is 1.55. The summed E-state index contributed by atoms with van der Waals surface area (Å²) in [5.41, 5.74) is 0.790. The van der Waals surface area contributed by atoms with Crippen molar-refractivity contribution in [3.63, 3.8) is 0 Å². The smallest absolute Gasteiger partial charge is 0.239 e. The van der Waals surface area contributed by atoms with Gasteiger partial charge in [0, 0.05) is 45.8 Å². The molecular formula is C23H38IN5O3. The molecule has 2 aliphatic rings. The zero-order valence-electron chi connectivity index (χ0n) is 19.5. The van der Waals surface area contributed by atoms with E-state index in [0.717, 1.165) is 75.9 Å². The zero-order chi connectivity index (χ0) is 22.2. The van der Waals surface area contributed by atoms with Crippen molar-refractivity contribution in [1.29, 1.82) is 0 Å². The average molecular weight is 559 g/mol. The zero-order valence-corrected chi connectivity index (χ0v) is 21.8. The Kier molecular flexibility index (Phi) is 11.0. The van der Waals surface area contributed by atoms with Crippen molar-refractivity contribution in [3.8, 4) is 5.75 Å². The van der Waals surface area contributed by atoms with Gasteiger partial charge in [0.25, 0.3) is 0 Å². The molecule has 2 unspecified atom stereocenters. The number of aliphatic imine (C=N–C) groups is 1. The van der Waals surface area contributed by atoms with Crippen molar-refractivity contribution in [2.75, 3.05) is 59.5 Å². The highest BCUT2D eigenvalue weighted by atomic mass is 127. The number of hydrogen-bond acceptors (Lipinski definition) is 5. The fraction of sp³-hybridized carbons (Fsp3) is 0.652. The van der Waals surface area contributed by atoms with Crippen LogP contribution in [-0.4, -0.2) is 97.2 Å². The lowest BCUT2D eigenvalue weighted by atomic mass is 10.1. The Labute approximate surface area is 209 Å². The second-order valence-corrected chi connectivity index (χ2v) is 8.22. The topological polar surface area (TPSA) is 80.6 Å². The van der Waals surface area contributed by atoms with Gasteiger partial charge >= 0.3 is 0 Å². The first-order valence-electron chi connectivity index (χ1n) is 11.4. The van der Waals surface area contributed by atoms with Gasteiger partial charge in [-0.15, -0.1) is 24.0 Å². The summed E-state index contributed by atoms with van der Waals surface area (Å²) in [7, 11) is 1.62. The second kappa shape index (κ2) is 13.2. The Balaban J connectivity index is 0.00000363. The van der Waals surface area contributed by atoms with Crippen molar-refractivity contribution >= 4 is 35.8 Å². The van der Waals surface area contributed by atoms with Gasteiger partial charge in [-0.05, 0) is 44.4 Å². The van der Waals surface area contributed by atoms with Crippen LogP contribution in [0.2, 0.25) is 0 Å². The van der Waals surface area contributed by atoms with Crippen LogP contribution in [0.1, 0.15) is 38.4 Å². The maximum Gasteiger partial charge on any atom is 0.239 e. The Morgan fingerprint density at radius 2 is 1.84 bits per heavy atom. The van der Waals surface area contributed by atoms with Crippen molar-refractivity contribution in [3.05, 3.63) is 29.8 Å². The molecule has 0 aromatic heterocycles. The third-order valence-electron chi connectivity index (χ3n) is 6.16. The van der Waals surface area contributed by atoms with Crippen LogP contribution in [0.15, 0.2) is 29.3 Å². The predicted octanol–water partition coefficient (Wildman–Crippen LogP) is 1.94. The van der Waals surface area contributed by atoms with Crippen LogP contribution in [0, 0.1) is 0 Å². The molecule has 0 bridgehead atoms. The summed E-state index contributed by atoms with van der Waals surface area (Å²) >= 11 is 0. The first-order valence-corrected chi connectivity index (χ1v) is 11.4. The largest absolute Gasteiger partial charge is 0.497 e. The first kappa shape index (κ1) is 26.7. The monoisotopic (exact) mass is 559 g/mol. The van der Waals surface area contributed by atoms with Crippen molar-refractivity contribution < 1.29 is 14.6 Å². The minimum absolute atomic E-state index is 0. The highest BCUT2D eigenvalue weighted by Crippen LogP contribution is 2.19. The fourth-order valence-corrected chi connectivity index (χ4v) is 4.23. The summed E-state index contributed by atoms with van der Waals surface area (Å²) in [6, 6.07) is 7.38. The summed E-state index contributed by atoms with van der Waals surface area (Å²) < 4.78 is 5.24. The molecule has 32 heavy (non-hydrogen) atoms. The molecule has 0 radical (unpaired) electrons. The van der Waals surface area contributed by atoms with E-state index in [1.807, 2.05) is 43.0 Å². The average Bonchev–Trinajstić information content (AvgIpc) is 3.36. The van der Waals surface area contributed by atoms with Gasteiger partial charge in [-0.25, -0.2) is 0 Å². The molecule has 2 atom stereocenters. The number of guanidine groups is 1. The van der Waals surface area contributed by atoms with Gasteiger partial charge in [0.15, 0.2) is 5.96 Å². The number of halogens is 1. The number of carbonyl (C=O) groups is 1. The summed E-state index contributed by atoms with van der Waals surface area (Å²) in [6.45, 7) is 10.2. The molecule has 0 saturated carbocycles. The first-order chi connectivity index (χ1) is 15.0. The van der Waals surface area contributed by atoms with Crippen LogP contribution in [0.4, 0.5) is 0 Å². The minimum atomic E-state index is -0.692. The molecule has 0 spiro atoms. The standard InChI is InChI=1S/C23H37N5O3.HI/c1-4-24-23(25-17-21(29)19-8-7-9-20(16-19)31-3)28-14-12-26(13-15-28)18(2)22(30)27-10-5-6-11-27;/h7-9,16,18,21,29H,4-6,10-15,17H2,1-3H3,(H,24,25);1H. The minimum Gasteiger partial charge on any atom is -0.497 e. The van der Waals surface area contributed by atoms with Crippen LogP contribution in [-0.2, 0) is 4.79 Å². The Hall–Kier alpha value is -1.59. The number of hydrogen-bond donors (Lipinski definition) is 2. The molecule has 8 nitrogen and oxygen atoms in total. The second-order valence-electron chi connectivity index (χ2n) is 8.22. The quantitative estimate of drug-likeness (QED) is 0.302. The molecule has 1 amide bonds. The van der Waals surface area contributed by atoms with Crippen molar-refractivity contribution in [1.82, 2.24) is 20.0 Å². The molecule has 2 N–H and O–H groups in total. The van der Waals surface area contributed by atoms with Crippen LogP contribution in [0.3, 0.4) is 0 Å². The van der Waals surface area contributed by atoms with Gasteiger partial charge < -0.3 is 25.0 Å². The van der Waals surface area contributed by atoms with Crippen LogP contribution in [0.5, 0.6) is 5.75 Å². The molecule has 2 heterocycles. The molecule has 0 aliphatic carbocycles. The van der Waals surface area contributed by atoms with E-state index in [1.54, 1.807) is 7.11 Å². The van der Waals surface area contributed by atoms with Gasteiger partial charge in [-0.3, -0.25) is 14.7 Å². The summed E-state index contributed by atoms with van der Waals surface area (Å²) in [5.74, 6) is 1.79. The van der Waals surface area contributed by atoms with Gasteiger partial charge in [0.1, 0.15) is 5.75 Å². The molecule has 2 aliphatic heterocycles. The number of nitrogens with one attached hydrogen (secondary N) is 1. The van der Waals surface area contributed by atoms with Crippen LogP contribution >= 0.6 is 24.0 Å². The van der Waals surface area contributed by atoms with E-state index in [1.165, 1.54) is 0 Å². The summed E-state index contributed by atoms with van der Waals surface area (Å²) in [5, 5.41) is 13.9. The van der Waals surface area contributed by atoms with E-state index >= 15 is 0 Å². The number of benzene rings is 1. The van der Waals surface area contributed by atoms with Gasteiger partial charge in [0.2, 0.25) is 5.91 Å². The molecule has 3 rings (SSSR count). The molecule has 2 fully saturated rings. The maximum atomic E-state index is 12.7. The van der Waals surface area contributed by atoms with Crippen molar-refractivity contribution in [2.45, 2.75) is 38.8 Å². The normalized spacial score (nSPS) is 19.3. The number of rotatable bonds is 7. The number of carbonyl (C=O) groups excluding carboxylic acids is 1. The van der Waals surface area contributed by atoms with Gasteiger partial charge in [0.05, 0.1) is 25.8 Å². The van der Waals surface area contributed by atoms with E-state index in [4.69, 9.17) is 4.74 Å². The molecule has 1 aromatic carbocycles. The van der Waals surface area contributed by atoms with Crippen molar-refractivity contribution in [2.24, 2.45) is 4.99 Å². The highest BCUT2D eigenvalue weighted by Gasteiger charge is 2.30. The SMILES string of the molecule is CCNC(=NCC(O)c1cccc(OC)c1)N1CCN(C(C)C(=O)N2CCCC2)CC1.I.